The van der Waals surface area contributed by atoms with Gasteiger partial charge in [0.1, 0.15) is 5.70 Å². The van der Waals surface area contributed by atoms with Crippen LogP contribution >= 0.6 is 54.8 Å². The fraction of sp³-hybridized carbons (Fsp3) is 0. The highest BCUT2D eigenvalue weighted by atomic mass is 79.9. The minimum absolute atomic E-state index is 0.189. The fourth-order valence-electron chi connectivity index (χ4n) is 3.41. The van der Waals surface area contributed by atoms with Crippen LogP contribution in [0.5, 0.6) is 0 Å². The zero-order chi connectivity index (χ0) is 21.5. The number of carbonyl (C=O) groups excluding carboxylic acids is 1. The van der Waals surface area contributed by atoms with Gasteiger partial charge in [0.05, 0.1) is 15.6 Å². The summed E-state index contributed by atoms with van der Waals surface area (Å²) in [6, 6.07) is 23.3. The number of carbonyl (C=O) groups is 1. The highest BCUT2D eigenvalue weighted by Crippen LogP contribution is 2.39. The van der Waals surface area contributed by atoms with Crippen molar-refractivity contribution in [3.8, 4) is 0 Å². The van der Waals surface area contributed by atoms with Crippen molar-refractivity contribution in [2.45, 2.75) is 0 Å². The standard InChI is InChI=1S/C24H13Br2ClN2OS/c25-15-8-10-17(11-9-15)29-23(22-21(27)18-6-1-2-7-20(18)31-22)28-19(24(29)30)13-14-4-3-5-16(26)12-14/h1-13H/b19-13+. The average Bonchev–Trinajstić information content (AvgIpc) is 3.26. The van der Waals surface area contributed by atoms with Gasteiger partial charge in [0.15, 0.2) is 5.84 Å². The number of halogens is 3. The third-order valence-corrected chi connectivity index (χ3v) is 7.53. The van der Waals surface area contributed by atoms with Crippen LogP contribution in [0.4, 0.5) is 5.69 Å². The van der Waals surface area contributed by atoms with E-state index in [-0.39, 0.29) is 5.91 Å². The van der Waals surface area contributed by atoms with Gasteiger partial charge in [0, 0.05) is 19.0 Å². The molecule has 4 aromatic rings. The van der Waals surface area contributed by atoms with Gasteiger partial charge >= 0.3 is 0 Å². The van der Waals surface area contributed by atoms with E-state index in [1.807, 2.05) is 72.8 Å². The van der Waals surface area contributed by atoms with Crippen molar-refractivity contribution in [1.29, 1.82) is 0 Å². The van der Waals surface area contributed by atoms with E-state index >= 15 is 0 Å². The van der Waals surface area contributed by atoms with Crippen molar-refractivity contribution in [3.63, 3.8) is 0 Å². The monoisotopic (exact) mass is 570 g/mol. The Balaban J connectivity index is 1.69. The molecule has 0 spiro atoms. The summed E-state index contributed by atoms with van der Waals surface area (Å²) >= 11 is 15.2. The van der Waals surface area contributed by atoms with E-state index < -0.39 is 0 Å². The predicted molar refractivity (Wildman–Crippen MR) is 137 cm³/mol. The highest BCUT2D eigenvalue weighted by Gasteiger charge is 2.34. The molecule has 0 unspecified atom stereocenters. The van der Waals surface area contributed by atoms with Gasteiger partial charge < -0.3 is 0 Å². The van der Waals surface area contributed by atoms with Crippen molar-refractivity contribution in [3.05, 3.63) is 103 Å². The Morgan fingerprint density at radius 2 is 1.71 bits per heavy atom. The quantitative estimate of drug-likeness (QED) is 0.230. The number of fused-ring (bicyclic) bond motifs is 1. The second-order valence-electron chi connectivity index (χ2n) is 6.88. The third-order valence-electron chi connectivity index (χ3n) is 4.84. The first-order valence-corrected chi connectivity index (χ1v) is 12.1. The fourth-order valence-corrected chi connectivity index (χ4v) is 5.59. The molecule has 1 aliphatic rings. The molecule has 0 bridgehead atoms. The van der Waals surface area contributed by atoms with E-state index in [0.717, 1.165) is 35.2 Å². The van der Waals surface area contributed by atoms with E-state index in [2.05, 4.69) is 31.9 Å². The highest BCUT2D eigenvalue weighted by molar-refractivity contribution is 9.10. The van der Waals surface area contributed by atoms with Gasteiger partial charge in [-0.05, 0) is 54.1 Å². The van der Waals surface area contributed by atoms with E-state index in [0.29, 0.717) is 16.6 Å². The summed E-state index contributed by atoms with van der Waals surface area (Å²) in [4.78, 5) is 20.6. The molecule has 3 nitrogen and oxygen atoms in total. The van der Waals surface area contributed by atoms with Crippen LogP contribution in [0.3, 0.4) is 0 Å². The van der Waals surface area contributed by atoms with Crippen LogP contribution in [0.25, 0.3) is 16.2 Å². The van der Waals surface area contributed by atoms with Gasteiger partial charge in [-0.3, -0.25) is 9.69 Å². The molecule has 1 amide bonds. The van der Waals surface area contributed by atoms with Crippen LogP contribution in [0.2, 0.25) is 5.02 Å². The number of hydrogen-bond donors (Lipinski definition) is 0. The number of hydrogen-bond acceptors (Lipinski definition) is 3. The number of thiophene rings is 1. The maximum atomic E-state index is 13.5. The number of nitrogens with zero attached hydrogens (tertiary/aromatic N) is 2. The largest absolute Gasteiger partial charge is 0.282 e. The zero-order valence-corrected chi connectivity index (χ0v) is 20.6. The normalized spacial score (nSPS) is 15.2. The molecule has 0 saturated heterocycles. The second-order valence-corrected chi connectivity index (χ2v) is 10.1. The Morgan fingerprint density at radius 1 is 0.935 bits per heavy atom. The number of amides is 1. The average molecular weight is 573 g/mol. The molecule has 7 heteroatoms. The van der Waals surface area contributed by atoms with Gasteiger partial charge in [-0.25, -0.2) is 4.99 Å². The third kappa shape index (κ3) is 3.89. The Kier molecular flexibility index (Phi) is 5.56. The Bertz CT molecular complexity index is 1390. The molecule has 0 N–H and O–H groups in total. The molecule has 0 fully saturated rings. The molecule has 0 radical (unpaired) electrons. The Hall–Kier alpha value is -2.25. The van der Waals surface area contributed by atoms with Crippen molar-refractivity contribution in [2.75, 3.05) is 4.90 Å². The number of amidine groups is 1. The molecule has 2 heterocycles. The number of rotatable bonds is 3. The van der Waals surface area contributed by atoms with E-state index in [9.17, 15) is 4.79 Å². The summed E-state index contributed by atoms with van der Waals surface area (Å²) in [6.45, 7) is 0. The van der Waals surface area contributed by atoms with Crippen LogP contribution < -0.4 is 4.90 Å². The first-order valence-electron chi connectivity index (χ1n) is 9.34. The minimum Gasteiger partial charge on any atom is -0.266 e. The molecule has 1 aliphatic heterocycles. The van der Waals surface area contributed by atoms with E-state index in [1.54, 1.807) is 11.0 Å². The van der Waals surface area contributed by atoms with Crippen molar-refractivity contribution < 1.29 is 4.79 Å². The molecule has 31 heavy (non-hydrogen) atoms. The molecule has 5 rings (SSSR count). The van der Waals surface area contributed by atoms with Gasteiger partial charge in [0.25, 0.3) is 5.91 Å². The summed E-state index contributed by atoms with van der Waals surface area (Å²) in [7, 11) is 0. The van der Waals surface area contributed by atoms with Gasteiger partial charge in [-0.1, -0.05) is 73.8 Å². The van der Waals surface area contributed by atoms with Crippen LogP contribution in [0.15, 0.2) is 92.4 Å². The molecule has 0 atom stereocenters. The first-order chi connectivity index (χ1) is 15.0. The number of anilines is 1. The summed E-state index contributed by atoms with van der Waals surface area (Å²) in [5, 5.41) is 1.57. The SMILES string of the molecule is O=C1/C(=C\c2cccc(Br)c2)N=C(c2sc3ccccc3c2Cl)N1c1ccc(Br)cc1. The lowest BCUT2D eigenvalue weighted by molar-refractivity contribution is -0.113. The summed E-state index contributed by atoms with van der Waals surface area (Å²) in [5.41, 5.74) is 1.99. The lowest BCUT2D eigenvalue weighted by Gasteiger charge is -2.18. The number of aliphatic imine (C=N–C) groups is 1. The molecular weight excluding hydrogens is 560 g/mol. The van der Waals surface area contributed by atoms with Gasteiger partial charge in [-0.15, -0.1) is 11.3 Å². The van der Waals surface area contributed by atoms with Crippen LogP contribution in [-0.2, 0) is 4.79 Å². The molecule has 0 aliphatic carbocycles. The molecule has 1 aromatic heterocycles. The van der Waals surface area contributed by atoms with Crippen LogP contribution in [0.1, 0.15) is 10.4 Å². The van der Waals surface area contributed by atoms with Crippen LogP contribution in [0, 0.1) is 0 Å². The number of benzene rings is 3. The molecule has 0 saturated carbocycles. The van der Waals surface area contributed by atoms with Crippen LogP contribution in [-0.4, -0.2) is 11.7 Å². The molecule has 3 aromatic carbocycles. The summed E-state index contributed by atoms with van der Waals surface area (Å²) < 4.78 is 2.93. The first kappa shape index (κ1) is 20.6. The predicted octanol–water partition coefficient (Wildman–Crippen LogP) is 7.91. The van der Waals surface area contributed by atoms with Crippen molar-refractivity contribution in [2.24, 2.45) is 4.99 Å². The Morgan fingerprint density at radius 3 is 2.45 bits per heavy atom. The summed E-state index contributed by atoms with van der Waals surface area (Å²) in [6.07, 6.45) is 1.80. The molecule has 152 valence electrons. The minimum atomic E-state index is -0.189. The smallest absolute Gasteiger partial charge is 0.266 e. The van der Waals surface area contributed by atoms with Gasteiger partial charge in [0.2, 0.25) is 0 Å². The topological polar surface area (TPSA) is 32.7 Å². The van der Waals surface area contributed by atoms with Crippen molar-refractivity contribution >= 4 is 88.4 Å². The lowest BCUT2D eigenvalue weighted by Crippen LogP contribution is -2.32. The maximum absolute atomic E-state index is 13.5. The lowest BCUT2D eigenvalue weighted by atomic mass is 10.2. The van der Waals surface area contributed by atoms with E-state index in [4.69, 9.17) is 16.6 Å². The Labute approximate surface area is 204 Å². The van der Waals surface area contributed by atoms with Crippen molar-refractivity contribution in [1.82, 2.24) is 0 Å². The maximum Gasteiger partial charge on any atom is 0.282 e. The van der Waals surface area contributed by atoms with Gasteiger partial charge in [-0.2, -0.15) is 0 Å². The van der Waals surface area contributed by atoms with E-state index in [1.165, 1.54) is 11.3 Å². The second kappa shape index (κ2) is 8.36. The zero-order valence-electron chi connectivity index (χ0n) is 15.9. The summed E-state index contributed by atoms with van der Waals surface area (Å²) in [5.74, 6) is 0.352. The molecular formula is C24H13Br2ClN2OS.